The zero-order valence-electron chi connectivity index (χ0n) is 11.6. The smallest absolute Gasteiger partial charge is 0.372 e. The molecule has 0 aromatic rings. The highest BCUT2D eigenvalue weighted by Crippen LogP contribution is 2.33. The van der Waals surface area contributed by atoms with Gasteiger partial charge in [-0.3, -0.25) is 4.79 Å². The molecule has 0 aliphatic heterocycles. The zero-order valence-corrected chi connectivity index (χ0v) is 12.3. The fourth-order valence-electron chi connectivity index (χ4n) is 2.64. The summed E-state index contributed by atoms with van der Waals surface area (Å²) in [5.74, 6) is 0.512. The molecule has 7 heteroatoms. The van der Waals surface area contributed by atoms with Crippen molar-refractivity contribution in [3.8, 4) is 0 Å². The first-order valence-electron chi connectivity index (χ1n) is 6.78. The summed E-state index contributed by atoms with van der Waals surface area (Å²) in [6.45, 7) is 0.552. The summed E-state index contributed by atoms with van der Waals surface area (Å²) in [6.07, 6.45) is -0.695. The zero-order chi connectivity index (χ0) is 15.2. The Labute approximate surface area is 122 Å². The van der Waals surface area contributed by atoms with Gasteiger partial charge in [-0.1, -0.05) is 19.8 Å². The molecule has 0 bridgehead atoms. The molecule has 2 atom stereocenters. The van der Waals surface area contributed by atoms with Crippen LogP contribution in [0.4, 0.5) is 13.2 Å². The van der Waals surface area contributed by atoms with Crippen LogP contribution in [0.3, 0.4) is 0 Å². The number of hydrogen-bond donors (Lipinski definition) is 1. The van der Waals surface area contributed by atoms with Gasteiger partial charge in [0.25, 0.3) is 0 Å². The molecule has 20 heavy (non-hydrogen) atoms. The maximum Gasteiger partial charge on any atom is 0.411 e. The van der Waals surface area contributed by atoms with Crippen LogP contribution in [0.5, 0.6) is 0 Å². The topological polar surface area (TPSA) is 38.3 Å². The highest BCUT2D eigenvalue weighted by Gasteiger charge is 2.35. The lowest BCUT2D eigenvalue weighted by molar-refractivity contribution is -0.174. The molecule has 1 fully saturated rings. The van der Waals surface area contributed by atoms with Crippen LogP contribution in [0.2, 0.25) is 0 Å². The van der Waals surface area contributed by atoms with Gasteiger partial charge in [-0.15, -0.1) is 11.6 Å². The highest BCUT2D eigenvalue weighted by atomic mass is 35.5. The third-order valence-electron chi connectivity index (χ3n) is 3.49. The van der Waals surface area contributed by atoms with Crippen LogP contribution < -0.4 is 5.32 Å². The van der Waals surface area contributed by atoms with Gasteiger partial charge >= 0.3 is 6.18 Å². The van der Waals surface area contributed by atoms with Crippen molar-refractivity contribution in [3.05, 3.63) is 0 Å². The molecule has 0 heterocycles. The minimum Gasteiger partial charge on any atom is -0.372 e. The Morgan fingerprint density at radius 2 is 2.20 bits per heavy atom. The van der Waals surface area contributed by atoms with Crippen molar-refractivity contribution in [2.75, 3.05) is 19.1 Å². The van der Waals surface area contributed by atoms with E-state index in [1.165, 1.54) is 0 Å². The van der Waals surface area contributed by atoms with Crippen molar-refractivity contribution in [3.63, 3.8) is 0 Å². The van der Waals surface area contributed by atoms with E-state index in [2.05, 4.69) is 17.0 Å². The first kappa shape index (κ1) is 17.6. The third-order valence-corrected chi connectivity index (χ3v) is 4.00. The second-order valence-electron chi connectivity index (χ2n) is 5.58. The fourth-order valence-corrected chi connectivity index (χ4v) is 2.95. The van der Waals surface area contributed by atoms with Crippen LogP contribution in [0.25, 0.3) is 0 Å². The standard InChI is InChI=1S/C13H21ClF3NO2/c1-10-3-2-5-12(7-10,8-14)18-11(19)4-6-20-9-13(15,16)17/h10H,2-9H2,1H3,(H,18,19). The summed E-state index contributed by atoms with van der Waals surface area (Å²) in [4.78, 5) is 11.8. The van der Waals surface area contributed by atoms with E-state index in [1.807, 2.05) is 0 Å². The quantitative estimate of drug-likeness (QED) is 0.603. The molecule has 1 N–H and O–H groups in total. The number of halogens is 4. The summed E-state index contributed by atoms with van der Waals surface area (Å²) in [5.41, 5.74) is -0.416. The van der Waals surface area contributed by atoms with Gasteiger partial charge in [-0.2, -0.15) is 13.2 Å². The fraction of sp³-hybridized carbons (Fsp3) is 0.923. The normalized spacial score (nSPS) is 27.4. The van der Waals surface area contributed by atoms with Crippen molar-refractivity contribution in [1.82, 2.24) is 5.32 Å². The molecule has 0 radical (unpaired) electrons. The maximum absolute atomic E-state index is 11.9. The molecule has 0 saturated heterocycles. The molecule has 3 nitrogen and oxygen atoms in total. The molecule has 1 rings (SSSR count). The number of ether oxygens (including phenoxy) is 1. The number of carbonyl (C=O) groups excluding carboxylic acids is 1. The van der Waals surface area contributed by atoms with Gasteiger partial charge in [0.2, 0.25) is 5.91 Å². The number of hydrogen-bond acceptors (Lipinski definition) is 2. The summed E-state index contributed by atoms with van der Waals surface area (Å²) in [7, 11) is 0. The van der Waals surface area contributed by atoms with Crippen molar-refractivity contribution in [1.29, 1.82) is 0 Å². The number of rotatable bonds is 6. The predicted octanol–water partition coefficient (Wildman–Crippen LogP) is 3.26. The summed E-state index contributed by atoms with van der Waals surface area (Å²) >= 11 is 5.97. The van der Waals surface area contributed by atoms with Crippen molar-refractivity contribution >= 4 is 17.5 Å². The molecule has 118 valence electrons. The van der Waals surface area contributed by atoms with E-state index in [0.29, 0.717) is 11.8 Å². The second kappa shape index (κ2) is 7.50. The summed E-state index contributed by atoms with van der Waals surface area (Å²) in [6, 6.07) is 0. The highest BCUT2D eigenvalue weighted by molar-refractivity contribution is 6.18. The maximum atomic E-state index is 11.9. The third kappa shape index (κ3) is 6.31. The molecule has 1 aliphatic rings. The minimum atomic E-state index is -4.35. The van der Waals surface area contributed by atoms with Gasteiger partial charge in [0.05, 0.1) is 12.1 Å². The van der Waals surface area contributed by atoms with Crippen LogP contribution in [0.15, 0.2) is 0 Å². The van der Waals surface area contributed by atoms with Crippen LogP contribution >= 0.6 is 11.6 Å². The van der Waals surface area contributed by atoms with Gasteiger partial charge in [0.1, 0.15) is 6.61 Å². The van der Waals surface area contributed by atoms with Crippen molar-refractivity contribution in [2.45, 2.75) is 50.7 Å². The Bertz CT molecular complexity index is 325. The number of carbonyl (C=O) groups is 1. The molecule has 2 unspecified atom stereocenters. The van der Waals surface area contributed by atoms with E-state index in [1.54, 1.807) is 0 Å². The first-order valence-corrected chi connectivity index (χ1v) is 7.31. The Balaban J connectivity index is 2.33. The SMILES string of the molecule is CC1CCCC(CCl)(NC(=O)CCOCC(F)(F)F)C1. The molecular weight excluding hydrogens is 295 g/mol. The van der Waals surface area contributed by atoms with Gasteiger partial charge < -0.3 is 10.1 Å². The van der Waals surface area contributed by atoms with Gasteiger partial charge in [-0.05, 0) is 18.8 Å². The van der Waals surface area contributed by atoms with E-state index < -0.39 is 18.3 Å². The van der Waals surface area contributed by atoms with Crippen LogP contribution in [0.1, 0.15) is 39.0 Å². The number of alkyl halides is 4. The molecule has 0 aromatic heterocycles. The van der Waals surface area contributed by atoms with Crippen LogP contribution in [-0.2, 0) is 9.53 Å². The van der Waals surface area contributed by atoms with E-state index >= 15 is 0 Å². The average Bonchev–Trinajstić information content (AvgIpc) is 2.33. The molecule has 0 spiro atoms. The van der Waals surface area contributed by atoms with E-state index in [-0.39, 0.29) is 18.9 Å². The van der Waals surface area contributed by atoms with Crippen molar-refractivity contribution < 1.29 is 22.7 Å². The molecule has 1 aliphatic carbocycles. The monoisotopic (exact) mass is 315 g/mol. The van der Waals surface area contributed by atoms with Crippen LogP contribution in [-0.4, -0.2) is 36.7 Å². The lowest BCUT2D eigenvalue weighted by Crippen LogP contribution is -2.52. The molecule has 0 aromatic carbocycles. The Morgan fingerprint density at radius 3 is 2.75 bits per heavy atom. The van der Waals surface area contributed by atoms with E-state index in [9.17, 15) is 18.0 Å². The van der Waals surface area contributed by atoms with Crippen molar-refractivity contribution in [2.24, 2.45) is 5.92 Å². The summed E-state index contributed by atoms with van der Waals surface area (Å²) < 4.78 is 40.0. The second-order valence-corrected chi connectivity index (χ2v) is 5.85. The Morgan fingerprint density at radius 1 is 1.50 bits per heavy atom. The van der Waals surface area contributed by atoms with E-state index in [0.717, 1.165) is 25.7 Å². The average molecular weight is 316 g/mol. The molecule has 1 saturated carbocycles. The largest absolute Gasteiger partial charge is 0.411 e. The number of amides is 1. The van der Waals surface area contributed by atoms with Gasteiger partial charge in [-0.25, -0.2) is 0 Å². The summed E-state index contributed by atoms with van der Waals surface area (Å²) in [5, 5.41) is 2.88. The minimum absolute atomic E-state index is 0.0803. The lowest BCUT2D eigenvalue weighted by atomic mass is 9.77. The lowest BCUT2D eigenvalue weighted by Gasteiger charge is -2.39. The van der Waals surface area contributed by atoms with E-state index in [4.69, 9.17) is 11.6 Å². The number of nitrogens with one attached hydrogen (secondary N) is 1. The Kier molecular flexibility index (Phi) is 6.58. The molecular formula is C13H21ClF3NO2. The van der Waals surface area contributed by atoms with Gasteiger partial charge in [0.15, 0.2) is 0 Å². The predicted molar refractivity (Wildman–Crippen MR) is 70.7 cm³/mol. The first-order chi connectivity index (χ1) is 9.26. The van der Waals surface area contributed by atoms with Gasteiger partial charge in [0, 0.05) is 12.3 Å². The molecule has 1 amide bonds. The van der Waals surface area contributed by atoms with Crippen LogP contribution in [0, 0.1) is 5.92 Å². The Hall–Kier alpha value is -0.490.